The number of nitrogens with one attached hydrogen (secondary N) is 1. The molecule has 1 aliphatic heterocycles. The summed E-state index contributed by atoms with van der Waals surface area (Å²) in [4.78, 5) is 18.2. The smallest absolute Gasteiger partial charge is 0.230 e. The maximum atomic E-state index is 12.4. The number of rotatable bonds is 4. The molecule has 0 spiro atoms. The van der Waals surface area contributed by atoms with E-state index in [0.29, 0.717) is 25.3 Å². The van der Waals surface area contributed by atoms with Gasteiger partial charge in [-0.15, -0.1) is 0 Å². The summed E-state index contributed by atoms with van der Waals surface area (Å²) in [5, 5.41) is 11.9. The van der Waals surface area contributed by atoms with Crippen molar-refractivity contribution in [3.8, 4) is 6.19 Å². The average molecular weight is 309 g/mol. The second-order valence-electron chi connectivity index (χ2n) is 5.84. The minimum Gasteiger partial charge on any atom is -0.331 e. The number of nitriles is 1. The van der Waals surface area contributed by atoms with E-state index >= 15 is 0 Å². The fourth-order valence-electron chi connectivity index (χ4n) is 2.96. The lowest BCUT2D eigenvalue weighted by molar-refractivity contribution is -0.120. The Bertz CT molecular complexity index is 718. The van der Waals surface area contributed by atoms with Gasteiger partial charge < -0.3 is 14.8 Å². The molecule has 0 saturated carbocycles. The Hall–Kier alpha value is -2.81. The Morgan fingerprint density at radius 1 is 1.43 bits per heavy atom. The lowest BCUT2D eigenvalue weighted by Gasteiger charge is -2.18. The zero-order chi connectivity index (χ0) is 16.2. The number of nitrogens with zero attached hydrogens (tertiary/aromatic N) is 4. The topological polar surface area (TPSA) is 74.0 Å². The summed E-state index contributed by atoms with van der Waals surface area (Å²) < 4.78 is 1.94. The summed E-state index contributed by atoms with van der Waals surface area (Å²) in [5.74, 6) is 0.308. The van der Waals surface area contributed by atoms with Gasteiger partial charge in [-0.2, -0.15) is 5.26 Å². The molecule has 1 fully saturated rings. The molecule has 118 valence electrons. The first-order valence-corrected chi connectivity index (χ1v) is 7.70. The highest BCUT2D eigenvalue weighted by molar-refractivity contribution is 5.92. The first kappa shape index (κ1) is 15.1. The quantitative estimate of drug-likeness (QED) is 0.877. The molecular weight excluding hydrogens is 290 g/mol. The third-order valence-electron chi connectivity index (χ3n) is 4.31. The minimum atomic E-state index is -0.172. The highest BCUT2D eigenvalue weighted by Gasteiger charge is 2.35. The number of hydrogen-bond donors (Lipinski definition) is 1. The highest BCUT2D eigenvalue weighted by atomic mass is 16.2. The summed E-state index contributed by atoms with van der Waals surface area (Å²) in [6, 6.07) is 10.0. The number of aromatic nitrogens is 2. The van der Waals surface area contributed by atoms with Crippen LogP contribution in [0.5, 0.6) is 0 Å². The van der Waals surface area contributed by atoms with Crippen molar-refractivity contribution in [2.75, 3.05) is 11.9 Å². The van der Waals surface area contributed by atoms with Crippen LogP contribution in [-0.4, -0.2) is 32.9 Å². The molecule has 0 bridgehead atoms. The predicted molar refractivity (Wildman–Crippen MR) is 86.3 cm³/mol. The van der Waals surface area contributed by atoms with Crippen LogP contribution in [0.15, 0.2) is 42.9 Å². The average Bonchev–Trinajstić information content (AvgIpc) is 3.14. The fourth-order valence-corrected chi connectivity index (χ4v) is 2.96. The first-order valence-electron chi connectivity index (χ1n) is 7.70. The lowest BCUT2D eigenvalue weighted by Crippen LogP contribution is -2.33. The molecule has 2 unspecified atom stereocenters. The molecule has 6 heteroatoms. The number of imidazole rings is 1. The summed E-state index contributed by atoms with van der Waals surface area (Å²) in [7, 11) is 0. The lowest BCUT2D eigenvalue weighted by atomic mass is 10.0. The van der Waals surface area contributed by atoms with Gasteiger partial charge in [-0.1, -0.05) is 30.3 Å². The Labute approximate surface area is 135 Å². The van der Waals surface area contributed by atoms with Crippen LogP contribution >= 0.6 is 0 Å². The Balaban J connectivity index is 1.61. The monoisotopic (exact) mass is 309 g/mol. The molecule has 1 amide bonds. The van der Waals surface area contributed by atoms with Crippen molar-refractivity contribution in [2.24, 2.45) is 5.92 Å². The largest absolute Gasteiger partial charge is 0.331 e. The number of amides is 1. The van der Waals surface area contributed by atoms with Crippen LogP contribution in [0.25, 0.3) is 0 Å². The maximum Gasteiger partial charge on any atom is 0.230 e. The Morgan fingerprint density at radius 3 is 2.91 bits per heavy atom. The summed E-state index contributed by atoms with van der Waals surface area (Å²) >= 11 is 0. The number of carbonyl (C=O) groups excluding carboxylic acids is 1. The van der Waals surface area contributed by atoms with Crippen LogP contribution in [0.1, 0.15) is 18.9 Å². The van der Waals surface area contributed by atoms with Crippen molar-refractivity contribution in [2.45, 2.75) is 25.9 Å². The van der Waals surface area contributed by atoms with Crippen LogP contribution in [0, 0.1) is 17.4 Å². The van der Waals surface area contributed by atoms with Crippen molar-refractivity contribution in [1.82, 2.24) is 14.5 Å². The van der Waals surface area contributed by atoms with Crippen molar-refractivity contribution in [3.63, 3.8) is 0 Å². The van der Waals surface area contributed by atoms with Gasteiger partial charge in [0.2, 0.25) is 5.91 Å². The predicted octanol–water partition coefficient (Wildman–Crippen LogP) is 2.06. The number of hydrogen-bond acceptors (Lipinski definition) is 4. The molecule has 1 saturated heterocycles. The Kier molecular flexibility index (Phi) is 4.29. The number of carbonyl (C=O) groups is 1. The molecule has 1 N–H and O–H groups in total. The van der Waals surface area contributed by atoms with Gasteiger partial charge in [0.1, 0.15) is 0 Å². The van der Waals surface area contributed by atoms with Crippen LogP contribution in [0.4, 0.5) is 5.82 Å². The normalized spacial score (nSPS) is 20.3. The summed E-state index contributed by atoms with van der Waals surface area (Å²) in [6.07, 6.45) is 6.36. The van der Waals surface area contributed by atoms with E-state index in [0.717, 1.165) is 0 Å². The summed E-state index contributed by atoms with van der Waals surface area (Å²) in [5.41, 5.74) is 1.18. The van der Waals surface area contributed by atoms with Crippen molar-refractivity contribution < 1.29 is 4.79 Å². The third kappa shape index (κ3) is 3.34. The minimum absolute atomic E-state index is 0.0635. The van der Waals surface area contributed by atoms with Gasteiger partial charge in [0.25, 0.3) is 0 Å². The third-order valence-corrected chi connectivity index (χ3v) is 4.31. The number of likely N-dealkylation sites (tertiary alicyclic amines) is 1. The van der Waals surface area contributed by atoms with Crippen molar-refractivity contribution in [1.29, 1.82) is 5.26 Å². The van der Waals surface area contributed by atoms with Gasteiger partial charge in [0, 0.05) is 25.3 Å². The molecule has 2 aromatic rings. The maximum absolute atomic E-state index is 12.4. The van der Waals surface area contributed by atoms with Crippen molar-refractivity contribution in [3.05, 3.63) is 48.4 Å². The standard InChI is InChI=1S/C17H19N5O/c1-13-15(7-8-22(13)11-18)17(23)20-16-10-21(12-19-16)9-14-5-3-2-4-6-14/h2-6,10,12-13,15H,7-9H2,1H3,(H,20,23). The van der Waals surface area contributed by atoms with E-state index in [1.54, 1.807) is 11.2 Å². The van der Waals surface area contributed by atoms with Crippen LogP contribution < -0.4 is 5.32 Å². The van der Waals surface area contributed by atoms with E-state index in [1.807, 2.05) is 35.9 Å². The fraction of sp³-hybridized carbons (Fsp3) is 0.353. The SMILES string of the molecule is CC1C(C(=O)Nc2cn(Cc3ccccc3)cn2)CCN1C#N. The first-order chi connectivity index (χ1) is 11.2. The highest BCUT2D eigenvalue weighted by Crippen LogP contribution is 2.24. The molecule has 2 atom stereocenters. The molecule has 1 aromatic heterocycles. The molecule has 2 heterocycles. The van der Waals surface area contributed by atoms with Crippen LogP contribution in [0.3, 0.4) is 0 Å². The van der Waals surface area contributed by atoms with E-state index in [1.165, 1.54) is 5.56 Å². The van der Waals surface area contributed by atoms with E-state index < -0.39 is 0 Å². The molecule has 0 radical (unpaired) electrons. The van der Waals surface area contributed by atoms with Gasteiger partial charge in [-0.05, 0) is 18.9 Å². The molecule has 23 heavy (non-hydrogen) atoms. The van der Waals surface area contributed by atoms with Crippen molar-refractivity contribution >= 4 is 11.7 Å². The molecule has 0 aliphatic carbocycles. The van der Waals surface area contributed by atoms with Crippen LogP contribution in [-0.2, 0) is 11.3 Å². The zero-order valence-electron chi connectivity index (χ0n) is 13.0. The molecule has 1 aromatic carbocycles. The van der Waals surface area contributed by atoms with E-state index in [4.69, 9.17) is 5.26 Å². The molecular formula is C17H19N5O. The second kappa shape index (κ2) is 6.53. The number of anilines is 1. The van der Waals surface area contributed by atoms with Gasteiger partial charge in [0.15, 0.2) is 12.0 Å². The molecule has 3 rings (SSSR count). The molecule has 6 nitrogen and oxygen atoms in total. The second-order valence-corrected chi connectivity index (χ2v) is 5.84. The number of benzene rings is 1. The van der Waals surface area contributed by atoms with Gasteiger partial charge in [-0.25, -0.2) is 4.98 Å². The van der Waals surface area contributed by atoms with E-state index in [2.05, 4.69) is 28.6 Å². The zero-order valence-corrected chi connectivity index (χ0v) is 13.0. The molecule has 1 aliphatic rings. The van der Waals surface area contributed by atoms with E-state index in [9.17, 15) is 4.79 Å². The summed E-state index contributed by atoms with van der Waals surface area (Å²) in [6.45, 7) is 3.26. The van der Waals surface area contributed by atoms with E-state index in [-0.39, 0.29) is 17.9 Å². The van der Waals surface area contributed by atoms with Crippen LogP contribution in [0.2, 0.25) is 0 Å². The van der Waals surface area contributed by atoms with Gasteiger partial charge in [-0.3, -0.25) is 4.79 Å². The Morgan fingerprint density at radius 2 is 2.22 bits per heavy atom. The van der Waals surface area contributed by atoms with Gasteiger partial charge >= 0.3 is 0 Å². The van der Waals surface area contributed by atoms with Gasteiger partial charge in [0.05, 0.1) is 12.2 Å².